The van der Waals surface area contributed by atoms with Gasteiger partial charge in [0.25, 0.3) is 0 Å². The van der Waals surface area contributed by atoms with Crippen LogP contribution in [0.5, 0.6) is 0 Å². The second kappa shape index (κ2) is 4.06. The van der Waals surface area contributed by atoms with Gasteiger partial charge in [0, 0.05) is 10.2 Å². The van der Waals surface area contributed by atoms with E-state index in [1.54, 1.807) is 11.3 Å². The van der Waals surface area contributed by atoms with Crippen LogP contribution >= 0.6 is 39.0 Å². The summed E-state index contributed by atoms with van der Waals surface area (Å²) in [5.41, 5.74) is -0.416. The van der Waals surface area contributed by atoms with Crippen molar-refractivity contribution in [3.05, 3.63) is 20.8 Å². The van der Waals surface area contributed by atoms with Gasteiger partial charge in [0.2, 0.25) is 0 Å². The van der Waals surface area contributed by atoms with E-state index in [4.69, 9.17) is 0 Å². The molecule has 1 aromatic heterocycles. The van der Waals surface area contributed by atoms with E-state index >= 15 is 0 Å². The molecule has 0 aliphatic carbocycles. The van der Waals surface area contributed by atoms with Crippen molar-refractivity contribution in [1.29, 1.82) is 0 Å². The normalized spacial score (nSPS) is 30.4. The molecule has 0 aromatic carbocycles. The molecule has 1 saturated heterocycles. The predicted octanol–water partition coefficient (Wildman–Crippen LogP) is 3.86. The fourth-order valence-corrected chi connectivity index (χ4v) is 5.43. The number of hydrogen-bond acceptors (Lipinski definition) is 3. The van der Waals surface area contributed by atoms with Crippen LogP contribution in [0.3, 0.4) is 0 Å². The van der Waals surface area contributed by atoms with Crippen molar-refractivity contribution < 1.29 is 5.11 Å². The van der Waals surface area contributed by atoms with Crippen LogP contribution in [-0.4, -0.2) is 16.6 Å². The van der Waals surface area contributed by atoms with Gasteiger partial charge >= 0.3 is 0 Å². The van der Waals surface area contributed by atoms with Crippen molar-refractivity contribution in [3.8, 4) is 0 Å². The minimum absolute atomic E-state index is 0.223. The molecule has 0 bridgehead atoms. The van der Waals surface area contributed by atoms with Crippen LogP contribution in [-0.2, 0) is 5.60 Å². The second-order valence-electron chi connectivity index (χ2n) is 4.96. The Morgan fingerprint density at radius 3 is 2.67 bits per heavy atom. The van der Waals surface area contributed by atoms with E-state index < -0.39 is 5.60 Å². The van der Waals surface area contributed by atoms with Gasteiger partial charge < -0.3 is 5.11 Å². The lowest BCUT2D eigenvalue weighted by atomic mass is 9.81. The highest BCUT2D eigenvalue weighted by Gasteiger charge is 2.41. The molecule has 1 nitrogen and oxygen atoms in total. The van der Waals surface area contributed by atoms with E-state index in [1.807, 2.05) is 23.2 Å². The molecule has 1 unspecified atom stereocenters. The third kappa shape index (κ3) is 2.43. The Morgan fingerprint density at radius 1 is 1.40 bits per heavy atom. The average molecular weight is 307 g/mol. The Bertz CT molecular complexity index is 361. The molecule has 4 heteroatoms. The Kier molecular flexibility index (Phi) is 3.24. The van der Waals surface area contributed by atoms with E-state index in [0.29, 0.717) is 0 Å². The summed E-state index contributed by atoms with van der Waals surface area (Å²) < 4.78 is 1.05. The molecule has 0 amide bonds. The van der Waals surface area contributed by atoms with Gasteiger partial charge in [-0.2, -0.15) is 11.8 Å². The van der Waals surface area contributed by atoms with Crippen LogP contribution in [0, 0.1) is 5.41 Å². The lowest BCUT2D eigenvalue weighted by Gasteiger charge is -2.40. The number of rotatable bonds is 1. The van der Waals surface area contributed by atoms with Crippen molar-refractivity contribution in [3.63, 3.8) is 0 Å². The van der Waals surface area contributed by atoms with Crippen LogP contribution in [0.1, 0.15) is 25.1 Å². The van der Waals surface area contributed by atoms with Crippen molar-refractivity contribution in [2.24, 2.45) is 5.41 Å². The largest absolute Gasteiger partial charge is 0.383 e. The zero-order valence-corrected chi connectivity index (χ0v) is 12.1. The summed E-state index contributed by atoms with van der Waals surface area (Å²) >= 11 is 7.01. The van der Waals surface area contributed by atoms with Gasteiger partial charge in [0.05, 0.1) is 4.88 Å². The van der Waals surface area contributed by atoms with E-state index in [9.17, 15) is 5.11 Å². The highest BCUT2D eigenvalue weighted by atomic mass is 79.9. The highest BCUT2D eigenvalue weighted by Crippen LogP contribution is 2.47. The van der Waals surface area contributed by atoms with Crippen molar-refractivity contribution in [2.75, 3.05) is 11.5 Å². The average Bonchev–Trinajstić information content (AvgIpc) is 2.49. The summed E-state index contributed by atoms with van der Waals surface area (Å²) in [5.74, 6) is 1.95. The van der Waals surface area contributed by atoms with Gasteiger partial charge in [0.1, 0.15) is 5.60 Å². The first-order valence-electron chi connectivity index (χ1n) is 4.97. The Morgan fingerprint density at radius 2 is 2.13 bits per heavy atom. The third-order valence-electron chi connectivity index (χ3n) is 2.64. The molecule has 0 spiro atoms. The summed E-state index contributed by atoms with van der Waals surface area (Å²) in [5, 5.41) is 12.7. The zero-order valence-electron chi connectivity index (χ0n) is 8.92. The number of hydrogen-bond donors (Lipinski definition) is 1. The number of halogens is 1. The standard InChI is InChI=1S/C11H15BrOS2/c1-10(2)5-11(13,7-14-6-10)9-8(12)3-4-15-9/h3-4,13H,5-7H2,1-2H3. The van der Waals surface area contributed by atoms with Crippen molar-refractivity contribution in [1.82, 2.24) is 0 Å². The first-order chi connectivity index (χ1) is 6.93. The van der Waals surface area contributed by atoms with Crippen LogP contribution in [0.4, 0.5) is 0 Å². The van der Waals surface area contributed by atoms with Gasteiger partial charge in [-0.3, -0.25) is 0 Å². The molecule has 1 atom stereocenters. The summed E-state index contributed by atoms with van der Waals surface area (Å²) in [4.78, 5) is 1.09. The molecule has 15 heavy (non-hydrogen) atoms. The molecule has 1 N–H and O–H groups in total. The number of thiophene rings is 1. The molecule has 84 valence electrons. The molecule has 1 aliphatic heterocycles. The minimum Gasteiger partial charge on any atom is -0.383 e. The van der Waals surface area contributed by atoms with Crippen molar-refractivity contribution >= 4 is 39.0 Å². The third-order valence-corrected chi connectivity index (χ3v) is 6.34. The van der Waals surface area contributed by atoms with Crippen molar-refractivity contribution in [2.45, 2.75) is 25.9 Å². The Labute approximate surface area is 107 Å². The molecule has 0 saturated carbocycles. The maximum Gasteiger partial charge on any atom is 0.109 e. The summed E-state index contributed by atoms with van der Waals surface area (Å²) in [6.07, 6.45) is 0.853. The lowest BCUT2D eigenvalue weighted by molar-refractivity contribution is 0.0184. The van der Waals surface area contributed by atoms with Gasteiger partial charge in [-0.25, -0.2) is 0 Å². The van der Waals surface area contributed by atoms with Crippen LogP contribution in [0.15, 0.2) is 15.9 Å². The maximum absolute atomic E-state index is 10.7. The summed E-state index contributed by atoms with van der Waals surface area (Å²) in [6.45, 7) is 4.46. The molecular weight excluding hydrogens is 292 g/mol. The van der Waals surface area contributed by atoms with Crippen LogP contribution in [0.25, 0.3) is 0 Å². The van der Waals surface area contributed by atoms with Gasteiger partial charge in [-0.05, 0) is 45.0 Å². The fraction of sp³-hybridized carbons (Fsp3) is 0.636. The smallest absolute Gasteiger partial charge is 0.109 e. The Balaban J connectivity index is 2.31. The SMILES string of the molecule is CC1(C)CSCC(O)(c2sccc2Br)C1. The highest BCUT2D eigenvalue weighted by molar-refractivity contribution is 9.10. The molecular formula is C11H15BrOS2. The minimum atomic E-state index is -0.639. The van der Waals surface area contributed by atoms with E-state index in [1.165, 1.54) is 0 Å². The zero-order chi connectivity index (χ0) is 11.1. The number of thioether (sulfide) groups is 1. The molecule has 0 radical (unpaired) electrons. The second-order valence-corrected chi connectivity index (χ2v) is 7.72. The van der Waals surface area contributed by atoms with Crippen LogP contribution in [0.2, 0.25) is 0 Å². The number of aliphatic hydroxyl groups is 1. The fourth-order valence-electron chi connectivity index (χ4n) is 2.16. The van der Waals surface area contributed by atoms with E-state index in [2.05, 4.69) is 29.8 Å². The summed E-state index contributed by atoms with van der Waals surface area (Å²) in [6, 6.07) is 2.02. The monoisotopic (exact) mass is 306 g/mol. The van der Waals surface area contributed by atoms with Gasteiger partial charge in [-0.15, -0.1) is 11.3 Å². The quantitative estimate of drug-likeness (QED) is 0.850. The van der Waals surface area contributed by atoms with Gasteiger partial charge in [-0.1, -0.05) is 13.8 Å². The molecule has 1 aliphatic rings. The lowest BCUT2D eigenvalue weighted by Crippen LogP contribution is -2.39. The first-order valence-corrected chi connectivity index (χ1v) is 7.79. The molecule has 1 aromatic rings. The topological polar surface area (TPSA) is 20.2 Å². The van der Waals surface area contributed by atoms with Gasteiger partial charge in [0.15, 0.2) is 0 Å². The molecule has 1 fully saturated rings. The first kappa shape index (κ1) is 12.0. The van der Waals surface area contributed by atoms with Crippen LogP contribution < -0.4 is 0 Å². The molecule has 2 heterocycles. The maximum atomic E-state index is 10.7. The summed E-state index contributed by atoms with van der Waals surface area (Å²) in [7, 11) is 0. The Hall–Kier alpha value is 0.490. The predicted molar refractivity (Wildman–Crippen MR) is 71.6 cm³/mol. The molecule has 2 rings (SSSR count). The van der Waals surface area contributed by atoms with E-state index in [-0.39, 0.29) is 5.41 Å². The van der Waals surface area contributed by atoms with E-state index in [0.717, 1.165) is 27.3 Å².